The summed E-state index contributed by atoms with van der Waals surface area (Å²) in [5, 5.41) is 5.58. The number of carbonyl (C=O) groups is 4. The maximum Gasteiger partial charge on any atom is 0.306 e. The predicted molar refractivity (Wildman–Crippen MR) is 166 cm³/mol. The Morgan fingerprint density at radius 1 is 0.833 bits per heavy atom. The van der Waals surface area contributed by atoms with Crippen LogP contribution in [0.4, 0.5) is 11.4 Å². The first-order valence-corrected chi connectivity index (χ1v) is 16.1. The van der Waals surface area contributed by atoms with Gasteiger partial charge in [0.1, 0.15) is 11.6 Å². The summed E-state index contributed by atoms with van der Waals surface area (Å²) in [6, 6.07) is 7.62. The number of piperidine rings is 1. The van der Waals surface area contributed by atoms with E-state index in [-0.39, 0.29) is 29.7 Å². The first kappa shape index (κ1) is 33.4. The molecular weight excluding hydrogens is 532 g/mol. The zero-order chi connectivity index (χ0) is 30.4. The minimum atomic E-state index is -0.391. The van der Waals surface area contributed by atoms with Gasteiger partial charge in [-0.3, -0.25) is 24.5 Å². The fourth-order valence-electron chi connectivity index (χ4n) is 5.53. The Bertz CT molecular complexity index is 1010. The molecule has 0 aliphatic carbocycles. The topological polar surface area (TPSA) is 108 Å². The van der Waals surface area contributed by atoms with E-state index in [0.29, 0.717) is 25.7 Å². The van der Waals surface area contributed by atoms with Gasteiger partial charge in [-0.25, -0.2) is 0 Å². The molecule has 42 heavy (non-hydrogen) atoms. The van der Waals surface area contributed by atoms with E-state index in [1.54, 1.807) is 0 Å². The lowest BCUT2D eigenvalue weighted by Gasteiger charge is -2.36. The molecule has 234 valence electrons. The molecule has 2 N–H and O–H groups in total. The molecule has 1 aromatic rings. The molecule has 9 nitrogen and oxygen atoms in total. The number of nitrogens with zero attached hydrogens (tertiary/aromatic N) is 2. The van der Waals surface area contributed by atoms with Gasteiger partial charge in [-0.15, -0.1) is 0 Å². The van der Waals surface area contributed by atoms with Gasteiger partial charge in [-0.1, -0.05) is 51.4 Å². The molecule has 2 saturated heterocycles. The molecular formula is C33H52N4O5. The number of carbonyl (C=O) groups excluding carboxylic acids is 4. The lowest BCUT2D eigenvalue weighted by molar-refractivity contribution is -0.155. The Hall–Kier alpha value is -3.10. The molecule has 0 spiro atoms. The van der Waals surface area contributed by atoms with Crippen LogP contribution >= 0.6 is 0 Å². The van der Waals surface area contributed by atoms with Crippen molar-refractivity contribution in [2.75, 3.05) is 36.4 Å². The second-order valence-electron chi connectivity index (χ2n) is 12.7. The highest BCUT2D eigenvalue weighted by Crippen LogP contribution is 2.22. The van der Waals surface area contributed by atoms with Crippen LogP contribution in [0.1, 0.15) is 111 Å². The van der Waals surface area contributed by atoms with Crippen LogP contribution in [0.5, 0.6) is 0 Å². The fourth-order valence-corrected chi connectivity index (χ4v) is 5.53. The number of benzene rings is 1. The van der Waals surface area contributed by atoms with Crippen LogP contribution in [-0.2, 0) is 23.9 Å². The molecule has 0 aromatic heterocycles. The molecule has 0 bridgehead atoms. The van der Waals surface area contributed by atoms with Crippen molar-refractivity contribution in [3.63, 3.8) is 0 Å². The van der Waals surface area contributed by atoms with E-state index >= 15 is 0 Å². The van der Waals surface area contributed by atoms with Crippen molar-refractivity contribution in [3.8, 4) is 0 Å². The number of unbranched alkanes of at least 4 members (excludes halogenated alkanes) is 9. The van der Waals surface area contributed by atoms with Gasteiger partial charge in [0.05, 0.1) is 0 Å². The fraction of sp³-hybridized carbons (Fsp3) is 0.697. The third-order valence-corrected chi connectivity index (χ3v) is 7.89. The SMILES string of the molecule is CC(C)(C)OC(=O)CCCCCCCCCCCCC(=O)N1CCN(c2ccc(NC3CCC(=O)NC3=O)cc2)CC1. The lowest BCUT2D eigenvalue weighted by Crippen LogP contribution is -2.48. The normalized spacial score (nSPS) is 17.6. The maximum atomic E-state index is 12.7. The molecule has 1 atom stereocenters. The van der Waals surface area contributed by atoms with Crippen LogP contribution in [0.25, 0.3) is 0 Å². The van der Waals surface area contributed by atoms with Crippen molar-refractivity contribution >= 4 is 35.1 Å². The first-order valence-electron chi connectivity index (χ1n) is 16.1. The van der Waals surface area contributed by atoms with Crippen LogP contribution in [0, 0.1) is 0 Å². The van der Waals surface area contributed by atoms with Crippen molar-refractivity contribution in [1.82, 2.24) is 10.2 Å². The van der Waals surface area contributed by atoms with Gasteiger partial charge in [-0.2, -0.15) is 0 Å². The van der Waals surface area contributed by atoms with Gasteiger partial charge in [0.2, 0.25) is 17.7 Å². The van der Waals surface area contributed by atoms with E-state index in [4.69, 9.17) is 4.74 Å². The molecule has 9 heteroatoms. The van der Waals surface area contributed by atoms with Crippen LogP contribution in [-0.4, -0.2) is 66.4 Å². The summed E-state index contributed by atoms with van der Waals surface area (Å²) in [6.45, 7) is 8.82. The number of ether oxygens (including phenoxy) is 1. The highest BCUT2D eigenvalue weighted by molar-refractivity contribution is 6.01. The molecule has 1 unspecified atom stereocenters. The van der Waals surface area contributed by atoms with Crippen molar-refractivity contribution in [2.24, 2.45) is 0 Å². The van der Waals surface area contributed by atoms with Gasteiger partial charge in [0.25, 0.3) is 0 Å². The quantitative estimate of drug-likeness (QED) is 0.148. The first-order chi connectivity index (χ1) is 20.1. The number of rotatable bonds is 16. The molecule has 2 aliphatic heterocycles. The van der Waals surface area contributed by atoms with E-state index < -0.39 is 5.60 Å². The highest BCUT2D eigenvalue weighted by Gasteiger charge is 2.26. The number of anilines is 2. The monoisotopic (exact) mass is 584 g/mol. The van der Waals surface area contributed by atoms with Crippen molar-refractivity contribution in [1.29, 1.82) is 0 Å². The predicted octanol–water partition coefficient (Wildman–Crippen LogP) is 5.58. The Morgan fingerprint density at radius 3 is 1.93 bits per heavy atom. The van der Waals surface area contributed by atoms with E-state index in [1.807, 2.05) is 49.9 Å². The second kappa shape index (κ2) is 17.1. The molecule has 0 saturated carbocycles. The zero-order valence-electron chi connectivity index (χ0n) is 26.1. The van der Waals surface area contributed by atoms with Gasteiger partial charge >= 0.3 is 5.97 Å². The molecule has 1 aromatic carbocycles. The van der Waals surface area contributed by atoms with Crippen LogP contribution in [0.2, 0.25) is 0 Å². The Labute approximate surface area is 252 Å². The van der Waals surface area contributed by atoms with E-state index in [9.17, 15) is 19.2 Å². The Kier molecular flexibility index (Phi) is 13.6. The van der Waals surface area contributed by atoms with Crippen LogP contribution < -0.4 is 15.5 Å². The number of nitrogens with one attached hydrogen (secondary N) is 2. The Morgan fingerprint density at radius 2 is 1.38 bits per heavy atom. The average Bonchev–Trinajstić information content (AvgIpc) is 2.94. The number of amides is 3. The second-order valence-corrected chi connectivity index (χ2v) is 12.7. The van der Waals surface area contributed by atoms with Gasteiger partial charge < -0.3 is 19.9 Å². The van der Waals surface area contributed by atoms with Crippen LogP contribution in [0.3, 0.4) is 0 Å². The molecule has 2 aliphatic rings. The summed E-state index contributed by atoms with van der Waals surface area (Å²) in [4.78, 5) is 52.0. The minimum Gasteiger partial charge on any atom is -0.460 e. The summed E-state index contributed by atoms with van der Waals surface area (Å²) >= 11 is 0. The minimum absolute atomic E-state index is 0.0894. The number of imide groups is 1. The van der Waals surface area contributed by atoms with Gasteiger partial charge in [0.15, 0.2) is 0 Å². The largest absolute Gasteiger partial charge is 0.460 e. The summed E-state index contributed by atoms with van der Waals surface area (Å²) in [6.07, 6.45) is 13.4. The highest BCUT2D eigenvalue weighted by atomic mass is 16.6. The zero-order valence-corrected chi connectivity index (χ0v) is 26.1. The summed E-state index contributed by atoms with van der Waals surface area (Å²) in [5.41, 5.74) is 1.57. The molecule has 2 heterocycles. The van der Waals surface area contributed by atoms with Gasteiger partial charge in [-0.05, 0) is 64.3 Å². The van der Waals surface area contributed by atoms with Crippen molar-refractivity contribution in [3.05, 3.63) is 24.3 Å². The molecule has 3 rings (SSSR count). The third kappa shape index (κ3) is 12.4. The number of hydrogen-bond donors (Lipinski definition) is 2. The number of piperazine rings is 1. The smallest absolute Gasteiger partial charge is 0.306 e. The summed E-state index contributed by atoms with van der Waals surface area (Å²) < 4.78 is 5.34. The number of hydrogen-bond acceptors (Lipinski definition) is 7. The average molecular weight is 585 g/mol. The maximum absolute atomic E-state index is 12.7. The third-order valence-electron chi connectivity index (χ3n) is 7.89. The molecule has 3 amide bonds. The van der Waals surface area contributed by atoms with Gasteiger partial charge in [0, 0.05) is 56.8 Å². The number of esters is 1. The Balaban J connectivity index is 1.17. The van der Waals surface area contributed by atoms with E-state index in [1.165, 1.54) is 38.5 Å². The molecule has 0 radical (unpaired) electrons. The summed E-state index contributed by atoms with van der Waals surface area (Å²) in [5.74, 6) is -0.305. The van der Waals surface area contributed by atoms with Crippen molar-refractivity contribution < 1.29 is 23.9 Å². The standard InChI is InChI=1S/C33H52N4O5/c1-33(2,3)42-31(40)15-13-11-9-7-5-4-6-8-10-12-14-30(39)37-24-22-36(23-25-37)27-18-16-26(17-19-27)34-28-20-21-29(38)35-32(28)41/h16-19,28,34H,4-15,20-25H2,1-3H3,(H,35,38,41). The van der Waals surface area contributed by atoms with Crippen molar-refractivity contribution in [2.45, 2.75) is 122 Å². The molecule has 2 fully saturated rings. The van der Waals surface area contributed by atoms with Crippen LogP contribution in [0.15, 0.2) is 24.3 Å². The lowest BCUT2D eigenvalue weighted by atomic mass is 10.0. The summed E-state index contributed by atoms with van der Waals surface area (Å²) in [7, 11) is 0. The van der Waals surface area contributed by atoms with E-state index in [2.05, 4.69) is 15.5 Å². The van der Waals surface area contributed by atoms with E-state index in [0.717, 1.165) is 63.2 Å².